The van der Waals surface area contributed by atoms with Gasteiger partial charge in [0.1, 0.15) is 12.4 Å². The van der Waals surface area contributed by atoms with Crippen molar-refractivity contribution in [2.45, 2.75) is 19.9 Å². The second kappa shape index (κ2) is 4.07. The van der Waals surface area contributed by atoms with Gasteiger partial charge in [0.05, 0.1) is 6.20 Å². The molecule has 0 unspecified atom stereocenters. The zero-order chi connectivity index (χ0) is 8.97. The van der Waals surface area contributed by atoms with Gasteiger partial charge in [-0.05, 0) is 26.0 Å². The average molecular weight is 166 g/mol. The Morgan fingerprint density at radius 2 is 2.33 bits per heavy atom. The van der Waals surface area contributed by atoms with Crippen LogP contribution in [-0.4, -0.2) is 17.6 Å². The molecule has 0 radical (unpaired) electrons. The molecule has 0 aliphatic rings. The average Bonchev–Trinajstić information content (AvgIpc) is 2.03. The number of hydrogen-bond donors (Lipinski definition) is 1. The number of aryl methyl sites for hydroxylation is 1. The van der Waals surface area contributed by atoms with Crippen LogP contribution in [0.2, 0.25) is 0 Å². The molecule has 1 aromatic rings. The summed E-state index contributed by atoms with van der Waals surface area (Å²) in [6.45, 7) is 4.38. The van der Waals surface area contributed by atoms with Gasteiger partial charge in [-0.1, -0.05) is 0 Å². The van der Waals surface area contributed by atoms with Crippen molar-refractivity contribution in [3.8, 4) is 5.75 Å². The molecule has 0 fully saturated rings. The van der Waals surface area contributed by atoms with Crippen molar-refractivity contribution in [3.05, 3.63) is 24.0 Å². The minimum absolute atomic E-state index is 0.0614. The third kappa shape index (κ3) is 2.88. The smallest absolute Gasteiger partial charge is 0.137 e. The monoisotopic (exact) mass is 166 g/mol. The van der Waals surface area contributed by atoms with Crippen molar-refractivity contribution in [3.63, 3.8) is 0 Å². The van der Waals surface area contributed by atoms with Crippen LogP contribution in [0.4, 0.5) is 0 Å². The van der Waals surface area contributed by atoms with Gasteiger partial charge in [0, 0.05) is 11.7 Å². The van der Waals surface area contributed by atoms with Crippen LogP contribution >= 0.6 is 0 Å². The molecule has 1 heterocycles. The summed E-state index contributed by atoms with van der Waals surface area (Å²) < 4.78 is 5.33. The highest BCUT2D eigenvalue weighted by atomic mass is 16.5. The zero-order valence-electron chi connectivity index (χ0n) is 7.45. The van der Waals surface area contributed by atoms with E-state index >= 15 is 0 Å². The van der Waals surface area contributed by atoms with Gasteiger partial charge in [-0.25, -0.2) is 0 Å². The molecule has 0 spiro atoms. The summed E-state index contributed by atoms with van der Waals surface area (Å²) in [7, 11) is 0. The SMILES string of the molecule is Cc1ccc(OC[C@H](C)N)cn1. The molecule has 66 valence electrons. The zero-order valence-corrected chi connectivity index (χ0v) is 7.45. The third-order valence-electron chi connectivity index (χ3n) is 1.40. The van der Waals surface area contributed by atoms with Crippen molar-refractivity contribution >= 4 is 0 Å². The van der Waals surface area contributed by atoms with Crippen LogP contribution in [0.15, 0.2) is 18.3 Å². The number of ether oxygens (including phenoxy) is 1. The molecular weight excluding hydrogens is 152 g/mol. The van der Waals surface area contributed by atoms with Crippen LogP contribution in [0.5, 0.6) is 5.75 Å². The molecule has 1 rings (SSSR count). The molecule has 1 atom stereocenters. The van der Waals surface area contributed by atoms with Gasteiger partial charge in [0.25, 0.3) is 0 Å². The van der Waals surface area contributed by atoms with Gasteiger partial charge >= 0.3 is 0 Å². The Labute approximate surface area is 72.6 Å². The standard InChI is InChI=1S/C9H14N2O/c1-7(10)6-12-9-4-3-8(2)11-5-9/h3-5,7H,6,10H2,1-2H3/t7-/m0/s1. The van der Waals surface area contributed by atoms with E-state index in [-0.39, 0.29) is 6.04 Å². The summed E-state index contributed by atoms with van der Waals surface area (Å²) in [5, 5.41) is 0. The second-order valence-corrected chi connectivity index (χ2v) is 2.92. The Morgan fingerprint density at radius 1 is 1.58 bits per heavy atom. The molecule has 2 N–H and O–H groups in total. The topological polar surface area (TPSA) is 48.1 Å². The van der Waals surface area contributed by atoms with Crippen molar-refractivity contribution in [1.29, 1.82) is 0 Å². The van der Waals surface area contributed by atoms with Crippen LogP contribution in [0.3, 0.4) is 0 Å². The summed E-state index contributed by atoms with van der Waals surface area (Å²) in [4.78, 5) is 4.09. The Balaban J connectivity index is 2.48. The van der Waals surface area contributed by atoms with E-state index in [1.807, 2.05) is 26.0 Å². The molecule has 0 bridgehead atoms. The molecule has 3 heteroatoms. The van der Waals surface area contributed by atoms with Gasteiger partial charge in [-0.2, -0.15) is 0 Å². The Morgan fingerprint density at radius 3 is 2.83 bits per heavy atom. The summed E-state index contributed by atoms with van der Waals surface area (Å²) in [6.07, 6.45) is 1.71. The number of hydrogen-bond acceptors (Lipinski definition) is 3. The van der Waals surface area contributed by atoms with Crippen LogP contribution in [0.25, 0.3) is 0 Å². The molecule has 0 saturated carbocycles. The largest absolute Gasteiger partial charge is 0.490 e. The van der Waals surface area contributed by atoms with Crippen LogP contribution in [-0.2, 0) is 0 Å². The molecule has 0 aliphatic heterocycles. The predicted octanol–water partition coefficient (Wildman–Crippen LogP) is 1.12. The van der Waals surface area contributed by atoms with Gasteiger partial charge in [-0.3, -0.25) is 4.98 Å². The van der Waals surface area contributed by atoms with Crippen molar-refractivity contribution in [1.82, 2.24) is 4.98 Å². The van der Waals surface area contributed by atoms with E-state index in [1.165, 1.54) is 0 Å². The van der Waals surface area contributed by atoms with Gasteiger partial charge in [0.2, 0.25) is 0 Å². The van der Waals surface area contributed by atoms with E-state index in [2.05, 4.69) is 4.98 Å². The van der Waals surface area contributed by atoms with Gasteiger partial charge in [0.15, 0.2) is 0 Å². The highest BCUT2D eigenvalue weighted by Gasteiger charge is 1.96. The van der Waals surface area contributed by atoms with Crippen LogP contribution < -0.4 is 10.5 Å². The highest BCUT2D eigenvalue weighted by Crippen LogP contribution is 2.08. The number of rotatable bonds is 3. The van der Waals surface area contributed by atoms with Crippen LogP contribution in [0, 0.1) is 6.92 Å². The lowest BCUT2D eigenvalue weighted by atomic mass is 10.3. The fraction of sp³-hybridized carbons (Fsp3) is 0.444. The highest BCUT2D eigenvalue weighted by molar-refractivity contribution is 5.18. The summed E-state index contributed by atoms with van der Waals surface area (Å²) >= 11 is 0. The maximum absolute atomic E-state index is 5.52. The molecule has 0 amide bonds. The lowest BCUT2D eigenvalue weighted by Crippen LogP contribution is -2.23. The van der Waals surface area contributed by atoms with Crippen molar-refractivity contribution < 1.29 is 4.74 Å². The number of nitrogens with zero attached hydrogens (tertiary/aromatic N) is 1. The first kappa shape index (κ1) is 9.00. The Kier molecular flexibility index (Phi) is 3.05. The van der Waals surface area contributed by atoms with Crippen molar-refractivity contribution in [2.75, 3.05) is 6.61 Å². The van der Waals surface area contributed by atoms with E-state index in [9.17, 15) is 0 Å². The molecular formula is C9H14N2O. The second-order valence-electron chi connectivity index (χ2n) is 2.92. The number of aromatic nitrogens is 1. The first-order valence-corrected chi connectivity index (χ1v) is 3.99. The van der Waals surface area contributed by atoms with E-state index in [1.54, 1.807) is 6.20 Å². The molecule has 0 aliphatic carbocycles. The number of pyridine rings is 1. The first-order valence-electron chi connectivity index (χ1n) is 3.99. The quantitative estimate of drug-likeness (QED) is 0.731. The molecule has 0 aromatic carbocycles. The van der Waals surface area contributed by atoms with E-state index in [0.29, 0.717) is 6.61 Å². The molecule has 1 aromatic heterocycles. The maximum Gasteiger partial charge on any atom is 0.137 e. The lowest BCUT2D eigenvalue weighted by molar-refractivity contribution is 0.295. The van der Waals surface area contributed by atoms with E-state index < -0.39 is 0 Å². The molecule has 12 heavy (non-hydrogen) atoms. The third-order valence-corrected chi connectivity index (χ3v) is 1.40. The fourth-order valence-corrected chi connectivity index (χ4v) is 0.767. The molecule has 3 nitrogen and oxygen atoms in total. The fourth-order valence-electron chi connectivity index (χ4n) is 0.767. The normalized spacial score (nSPS) is 12.6. The maximum atomic E-state index is 5.52. The van der Waals surface area contributed by atoms with Crippen molar-refractivity contribution in [2.24, 2.45) is 5.73 Å². The summed E-state index contributed by atoms with van der Waals surface area (Å²) in [5.41, 5.74) is 6.51. The van der Waals surface area contributed by atoms with Crippen LogP contribution in [0.1, 0.15) is 12.6 Å². The molecule has 0 saturated heterocycles. The summed E-state index contributed by atoms with van der Waals surface area (Å²) in [6, 6.07) is 3.87. The van der Waals surface area contributed by atoms with Gasteiger partial charge < -0.3 is 10.5 Å². The number of nitrogens with two attached hydrogens (primary N) is 1. The van der Waals surface area contributed by atoms with Gasteiger partial charge in [-0.15, -0.1) is 0 Å². The Bertz CT molecular complexity index is 231. The summed E-state index contributed by atoms with van der Waals surface area (Å²) in [5.74, 6) is 0.776. The van der Waals surface area contributed by atoms with E-state index in [4.69, 9.17) is 10.5 Å². The minimum atomic E-state index is 0.0614. The Hall–Kier alpha value is -1.09. The van der Waals surface area contributed by atoms with E-state index in [0.717, 1.165) is 11.4 Å². The lowest BCUT2D eigenvalue weighted by Gasteiger charge is -2.07. The predicted molar refractivity (Wildman–Crippen MR) is 48.1 cm³/mol. The first-order chi connectivity index (χ1) is 5.68. The minimum Gasteiger partial charge on any atom is -0.490 e.